The van der Waals surface area contributed by atoms with E-state index in [0.29, 0.717) is 29.3 Å². The van der Waals surface area contributed by atoms with Crippen molar-refractivity contribution in [2.75, 3.05) is 26.3 Å². The lowest BCUT2D eigenvalue weighted by atomic mass is 10.0. The van der Waals surface area contributed by atoms with Crippen molar-refractivity contribution in [2.24, 2.45) is 0 Å². The summed E-state index contributed by atoms with van der Waals surface area (Å²) in [4.78, 5) is 26.1. The van der Waals surface area contributed by atoms with Crippen LogP contribution in [0.25, 0.3) is 0 Å². The first-order valence-electron chi connectivity index (χ1n) is 8.86. The third-order valence-electron chi connectivity index (χ3n) is 4.36. The molecule has 0 bridgehead atoms. The molecule has 1 heterocycles. The minimum Gasteiger partial charge on any atom is -0.490 e. The molecule has 1 aliphatic rings. The van der Waals surface area contributed by atoms with Crippen LogP contribution in [-0.4, -0.2) is 49.0 Å². The van der Waals surface area contributed by atoms with Crippen LogP contribution in [0.3, 0.4) is 0 Å². The van der Waals surface area contributed by atoms with E-state index in [1.54, 1.807) is 36.4 Å². The van der Waals surface area contributed by atoms with Gasteiger partial charge in [0.25, 0.3) is 0 Å². The second-order valence-corrected chi connectivity index (χ2v) is 6.38. The van der Waals surface area contributed by atoms with Crippen molar-refractivity contribution in [1.29, 1.82) is 0 Å². The molecule has 3 rings (SSSR count). The van der Waals surface area contributed by atoms with Crippen LogP contribution in [0.15, 0.2) is 54.6 Å². The summed E-state index contributed by atoms with van der Waals surface area (Å²) in [6.07, 6.45) is 0.417. The highest BCUT2D eigenvalue weighted by atomic mass is 16.6. The van der Waals surface area contributed by atoms with Crippen LogP contribution in [0.4, 0.5) is 0 Å². The molecule has 1 fully saturated rings. The Morgan fingerprint density at radius 3 is 2.31 bits per heavy atom. The van der Waals surface area contributed by atoms with E-state index in [0.717, 1.165) is 13.1 Å². The molecule has 2 atom stereocenters. The van der Waals surface area contributed by atoms with Crippen molar-refractivity contribution in [1.82, 2.24) is 4.90 Å². The maximum Gasteiger partial charge on any atom is 0.307 e. The molecule has 2 aromatic rings. The first-order valence-corrected chi connectivity index (χ1v) is 8.86. The third-order valence-corrected chi connectivity index (χ3v) is 4.36. The van der Waals surface area contributed by atoms with Crippen LogP contribution < -0.4 is 4.74 Å². The number of carbonyl (C=O) groups excluding carboxylic acids is 2. The van der Waals surface area contributed by atoms with Gasteiger partial charge in [0.1, 0.15) is 19.0 Å². The molecule has 5 nitrogen and oxygen atoms in total. The first kappa shape index (κ1) is 18.1. The Bertz CT molecular complexity index is 742. The minimum absolute atomic E-state index is 0.0215. The zero-order chi connectivity index (χ0) is 18.4. The van der Waals surface area contributed by atoms with Crippen LogP contribution in [0, 0.1) is 0 Å². The summed E-state index contributed by atoms with van der Waals surface area (Å²) in [6.45, 7) is 4.48. The maximum atomic E-state index is 12.3. The van der Waals surface area contributed by atoms with E-state index in [1.807, 2.05) is 18.2 Å². The van der Waals surface area contributed by atoms with Crippen LogP contribution in [0.5, 0.6) is 5.75 Å². The van der Waals surface area contributed by atoms with Gasteiger partial charge in [0.15, 0.2) is 5.78 Å². The topological polar surface area (TPSA) is 55.6 Å². The zero-order valence-corrected chi connectivity index (χ0v) is 14.9. The number of benzene rings is 2. The van der Waals surface area contributed by atoms with Crippen LogP contribution in [0.1, 0.15) is 29.3 Å². The second kappa shape index (κ2) is 8.63. The summed E-state index contributed by atoms with van der Waals surface area (Å²) in [5.41, 5.74) is 1.27. The van der Waals surface area contributed by atoms with Crippen molar-refractivity contribution in [3.8, 4) is 5.75 Å². The van der Waals surface area contributed by atoms with Crippen molar-refractivity contribution in [2.45, 2.75) is 19.4 Å². The lowest BCUT2D eigenvalue weighted by molar-refractivity contribution is -0.144. The van der Waals surface area contributed by atoms with Gasteiger partial charge in [-0.1, -0.05) is 30.3 Å². The summed E-state index contributed by atoms with van der Waals surface area (Å²) >= 11 is 0. The third kappa shape index (κ3) is 5.17. The summed E-state index contributed by atoms with van der Waals surface area (Å²) in [5, 5.41) is 0. The van der Waals surface area contributed by atoms with Gasteiger partial charge >= 0.3 is 5.97 Å². The normalized spacial score (nSPS) is 18.2. The largest absolute Gasteiger partial charge is 0.490 e. The molecule has 0 aromatic heterocycles. The van der Waals surface area contributed by atoms with E-state index in [4.69, 9.17) is 9.47 Å². The summed E-state index contributed by atoms with van der Waals surface area (Å²) < 4.78 is 10.7. The average molecular weight is 353 g/mol. The zero-order valence-electron chi connectivity index (χ0n) is 14.9. The van der Waals surface area contributed by atoms with E-state index < -0.39 is 0 Å². The highest BCUT2D eigenvalue weighted by Gasteiger charge is 2.28. The fourth-order valence-corrected chi connectivity index (χ4v) is 2.68. The van der Waals surface area contributed by atoms with Gasteiger partial charge < -0.3 is 9.47 Å². The predicted molar refractivity (Wildman–Crippen MR) is 98.4 cm³/mol. The Morgan fingerprint density at radius 2 is 1.65 bits per heavy atom. The van der Waals surface area contributed by atoms with Gasteiger partial charge in [-0.05, 0) is 31.2 Å². The summed E-state index contributed by atoms with van der Waals surface area (Å²) in [7, 11) is 0. The van der Waals surface area contributed by atoms with Gasteiger partial charge in [0.05, 0.1) is 6.42 Å². The number of carbonyl (C=O) groups is 2. The molecule has 1 aliphatic heterocycles. The van der Waals surface area contributed by atoms with Crippen molar-refractivity contribution in [3.05, 3.63) is 65.7 Å². The van der Waals surface area contributed by atoms with E-state index in [-0.39, 0.29) is 25.0 Å². The van der Waals surface area contributed by atoms with Gasteiger partial charge in [-0.25, -0.2) is 0 Å². The first-order chi connectivity index (χ1) is 12.6. The number of esters is 1. The number of ether oxygens (including phenoxy) is 2. The Kier molecular flexibility index (Phi) is 6.02. The quantitative estimate of drug-likeness (QED) is 0.300. The van der Waals surface area contributed by atoms with Crippen molar-refractivity contribution in [3.63, 3.8) is 0 Å². The molecule has 5 heteroatoms. The van der Waals surface area contributed by atoms with Gasteiger partial charge in [0.2, 0.25) is 0 Å². The standard InChI is InChI=1S/C21H23NO4/c1-16-15-22(16)12-11-20(23)26-14-13-25-19-9-7-18(8-10-19)21(24)17-5-3-2-4-6-17/h2-10,16H,11-15H2,1H3. The molecule has 0 amide bonds. The van der Waals surface area contributed by atoms with Gasteiger partial charge in [-0.15, -0.1) is 0 Å². The lowest BCUT2D eigenvalue weighted by Gasteiger charge is -2.08. The fraction of sp³-hybridized carbons (Fsp3) is 0.333. The second-order valence-electron chi connectivity index (χ2n) is 6.38. The van der Waals surface area contributed by atoms with Gasteiger partial charge in [-0.3, -0.25) is 14.5 Å². The summed E-state index contributed by atoms with van der Waals surface area (Å²) in [6, 6.07) is 16.7. The molecule has 2 unspecified atom stereocenters. The molecular weight excluding hydrogens is 330 g/mol. The Morgan fingerprint density at radius 1 is 1.00 bits per heavy atom. The number of hydrogen-bond acceptors (Lipinski definition) is 5. The molecule has 0 saturated carbocycles. The smallest absolute Gasteiger partial charge is 0.307 e. The minimum atomic E-state index is -0.198. The molecule has 2 aromatic carbocycles. The molecular formula is C21H23NO4. The van der Waals surface area contributed by atoms with E-state index in [2.05, 4.69) is 11.8 Å². The van der Waals surface area contributed by atoms with Gasteiger partial charge in [0, 0.05) is 30.3 Å². The Hall–Kier alpha value is -2.66. The molecule has 0 N–H and O–H groups in total. The molecule has 26 heavy (non-hydrogen) atoms. The Balaban J connectivity index is 1.37. The van der Waals surface area contributed by atoms with Gasteiger partial charge in [-0.2, -0.15) is 0 Å². The van der Waals surface area contributed by atoms with Crippen molar-refractivity contribution >= 4 is 11.8 Å². The molecule has 136 valence electrons. The van der Waals surface area contributed by atoms with Crippen LogP contribution in [-0.2, 0) is 9.53 Å². The molecule has 1 saturated heterocycles. The number of hydrogen-bond donors (Lipinski definition) is 0. The number of ketones is 1. The summed E-state index contributed by atoms with van der Waals surface area (Å²) in [5.74, 6) is 0.423. The van der Waals surface area contributed by atoms with Crippen LogP contribution >= 0.6 is 0 Å². The highest BCUT2D eigenvalue weighted by molar-refractivity contribution is 6.08. The molecule has 0 spiro atoms. The fourth-order valence-electron chi connectivity index (χ4n) is 2.68. The van der Waals surface area contributed by atoms with E-state index in [9.17, 15) is 9.59 Å². The number of rotatable bonds is 9. The van der Waals surface area contributed by atoms with E-state index in [1.165, 1.54) is 0 Å². The predicted octanol–water partition coefficient (Wildman–Crippen LogP) is 2.93. The van der Waals surface area contributed by atoms with Crippen molar-refractivity contribution < 1.29 is 19.1 Å². The SMILES string of the molecule is CC1CN1CCC(=O)OCCOc1ccc(C(=O)c2ccccc2)cc1. The number of nitrogens with zero attached hydrogens (tertiary/aromatic N) is 1. The monoisotopic (exact) mass is 353 g/mol. The maximum absolute atomic E-state index is 12.3. The Labute approximate surface area is 153 Å². The highest BCUT2D eigenvalue weighted by Crippen LogP contribution is 2.16. The lowest BCUT2D eigenvalue weighted by Crippen LogP contribution is -2.15. The van der Waals surface area contributed by atoms with Crippen LogP contribution in [0.2, 0.25) is 0 Å². The molecule has 0 radical (unpaired) electrons. The van der Waals surface area contributed by atoms with E-state index >= 15 is 0 Å². The molecule has 0 aliphatic carbocycles. The average Bonchev–Trinajstić information content (AvgIpc) is 3.39.